The van der Waals surface area contributed by atoms with Crippen LogP contribution in [0.5, 0.6) is 0 Å². The van der Waals surface area contributed by atoms with Crippen LogP contribution in [-0.4, -0.2) is 51.8 Å². The molecule has 12 heteroatoms. The lowest BCUT2D eigenvalue weighted by Crippen LogP contribution is -2.53. The van der Waals surface area contributed by atoms with Gasteiger partial charge in [-0.05, 0) is 17.2 Å². The smallest absolute Gasteiger partial charge is 0.408 e. The maximum atomic E-state index is 13.5. The predicted molar refractivity (Wildman–Crippen MR) is 107 cm³/mol. The van der Waals surface area contributed by atoms with Crippen molar-refractivity contribution in [2.24, 2.45) is 0 Å². The average Bonchev–Trinajstić information content (AvgIpc) is 2.77. The van der Waals surface area contributed by atoms with Crippen molar-refractivity contribution in [3.05, 3.63) is 75.6 Å². The lowest BCUT2D eigenvalue weighted by molar-refractivity contribution is -0.387. The van der Waals surface area contributed by atoms with E-state index >= 15 is 0 Å². The summed E-state index contributed by atoms with van der Waals surface area (Å²) in [7, 11) is 0. The fourth-order valence-corrected chi connectivity index (χ4v) is 2.63. The molecule has 0 aliphatic rings. The van der Waals surface area contributed by atoms with Crippen molar-refractivity contribution < 1.29 is 38.6 Å². The van der Waals surface area contributed by atoms with Crippen molar-refractivity contribution in [2.45, 2.75) is 25.1 Å². The molecule has 0 unspecified atom stereocenters. The van der Waals surface area contributed by atoms with Crippen molar-refractivity contribution in [1.29, 1.82) is 0 Å². The molecule has 0 aliphatic carbocycles. The lowest BCUT2D eigenvalue weighted by atomic mass is 10.0. The largest absolute Gasteiger partial charge is 0.480 e. The third kappa shape index (κ3) is 7.02. The summed E-state index contributed by atoms with van der Waals surface area (Å²) >= 11 is 0. The third-order valence-corrected chi connectivity index (χ3v) is 4.27. The third-order valence-electron chi connectivity index (χ3n) is 4.27. The summed E-state index contributed by atoms with van der Waals surface area (Å²) in [5.74, 6) is -3.59. The minimum atomic E-state index is -1.57. The Morgan fingerprint density at radius 3 is 2.34 bits per heavy atom. The van der Waals surface area contributed by atoms with Crippen LogP contribution in [0.15, 0.2) is 48.5 Å². The molecule has 0 aliphatic heterocycles. The molecule has 2 amide bonds. The van der Waals surface area contributed by atoms with E-state index in [0.717, 1.165) is 18.2 Å². The van der Waals surface area contributed by atoms with Crippen LogP contribution in [0.4, 0.5) is 14.9 Å². The number of hydrogen-bond acceptors (Lipinski definition) is 7. The number of aliphatic hydroxyl groups excluding tert-OH is 1. The summed E-state index contributed by atoms with van der Waals surface area (Å²) in [5, 5.41) is 33.9. The van der Waals surface area contributed by atoms with Crippen LogP contribution in [0.25, 0.3) is 0 Å². The first-order chi connectivity index (χ1) is 15.2. The van der Waals surface area contributed by atoms with Gasteiger partial charge in [-0.2, -0.15) is 4.39 Å². The lowest BCUT2D eigenvalue weighted by Gasteiger charge is -2.20. The molecule has 0 heterocycles. The summed E-state index contributed by atoms with van der Waals surface area (Å²) in [6, 6.07) is 8.42. The van der Waals surface area contributed by atoms with E-state index in [4.69, 9.17) is 4.74 Å². The minimum absolute atomic E-state index is 0.0848. The van der Waals surface area contributed by atoms with Crippen molar-refractivity contribution in [1.82, 2.24) is 10.6 Å². The molecule has 2 rings (SSSR count). The number of halogens is 1. The Bertz CT molecular complexity index is 986. The molecule has 0 saturated heterocycles. The second kappa shape index (κ2) is 11.4. The Kier molecular flexibility index (Phi) is 8.60. The first-order valence-corrected chi connectivity index (χ1v) is 9.25. The number of carboxylic acid groups (broad SMARTS) is 1. The summed E-state index contributed by atoms with van der Waals surface area (Å²) in [4.78, 5) is 45.6. The molecule has 0 saturated carbocycles. The number of amides is 2. The minimum Gasteiger partial charge on any atom is -0.480 e. The highest BCUT2D eigenvalue weighted by atomic mass is 19.1. The zero-order valence-corrected chi connectivity index (χ0v) is 16.6. The molecule has 0 radical (unpaired) electrons. The summed E-state index contributed by atoms with van der Waals surface area (Å²) < 4.78 is 18.4. The number of carboxylic acids is 1. The van der Waals surface area contributed by atoms with Gasteiger partial charge in [0.25, 0.3) is 0 Å². The standard InChI is InChI=1S/C20H20FN3O8/c21-14-7-6-13(9-17(14)24(30)31)8-15(19(27)28)22-18(26)16(10-25)23-20(29)32-11-12-4-2-1-3-5-12/h1-7,9,15-16,25H,8,10-11H2,(H,22,26)(H,23,29)(H,27,28)/t15-,16+/m1/s1. The number of aliphatic carboxylic acids is 1. The molecule has 0 bridgehead atoms. The topological polar surface area (TPSA) is 168 Å². The zero-order chi connectivity index (χ0) is 23.7. The molecule has 11 nitrogen and oxygen atoms in total. The van der Waals surface area contributed by atoms with Crippen LogP contribution >= 0.6 is 0 Å². The van der Waals surface area contributed by atoms with Crippen LogP contribution in [0, 0.1) is 15.9 Å². The Morgan fingerprint density at radius 2 is 1.75 bits per heavy atom. The summed E-state index contributed by atoms with van der Waals surface area (Å²) in [6.45, 7) is -0.936. The average molecular weight is 449 g/mol. The second-order valence-corrected chi connectivity index (χ2v) is 6.59. The normalized spacial score (nSPS) is 12.3. The van der Waals surface area contributed by atoms with Crippen molar-refractivity contribution in [2.75, 3.05) is 6.61 Å². The van der Waals surface area contributed by atoms with E-state index < -0.39 is 59.5 Å². The highest BCUT2D eigenvalue weighted by Crippen LogP contribution is 2.19. The fraction of sp³-hybridized carbons (Fsp3) is 0.250. The van der Waals surface area contributed by atoms with Crippen LogP contribution in [0.1, 0.15) is 11.1 Å². The van der Waals surface area contributed by atoms with Crippen molar-refractivity contribution >= 4 is 23.7 Å². The zero-order valence-electron chi connectivity index (χ0n) is 16.6. The van der Waals surface area contributed by atoms with Gasteiger partial charge in [0.2, 0.25) is 11.7 Å². The van der Waals surface area contributed by atoms with Gasteiger partial charge in [-0.3, -0.25) is 14.9 Å². The molecule has 2 aromatic carbocycles. The monoisotopic (exact) mass is 449 g/mol. The summed E-state index contributed by atoms with van der Waals surface area (Å²) in [5.41, 5.74) is -0.0670. The number of alkyl carbamates (subject to hydrolysis) is 1. The van der Waals surface area contributed by atoms with Gasteiger partial charge in [0.1, 0.15) is 18.7 Å². The van der Waals surface area contributed by atoms with Crippen LogP contribution < -0.4 is 10.6 Å². The number of nitrogens with one attached hydrogen (secondary N) is 2. The number of benzene rings is 2. The van der Waals surface area contributed by atoms with Gasteiger partial charge < -0.3 is 25.6 Å². The van der Waals surface area contributed by atoms with E-state index in [-0.39, 0.29) is 12.2 Å². The molecule has 2 aromatic rings. The number of ether oxygens (including phenoxy) is 1. The van der Waals surface area contributed by atoms with Crippen molar-refractivity contribution in [3.63, 3.8) is 0 Å². The Balaban J connectivity index is 1.99. The molecule has 2 atom stereocenters. The van der Waals surface area contributed by atoms with Gasteiger partial charge in [0, 0.05) is 12.5 Å². The Labute approximate surface area is 181 Å². The van der Waals surface area contributed by atoms with Crippen LogP contribution in [-0.2, 0) is 27.4 Å². The molecular formula is C20H20FN3O8. The Hall–Kier alpha value is -4.06. The van der Waals surface area contributed by atoms with E-state index in [9.17, 15) is 39.1 Å². The number of aliphatic hydroxyl groups is 1. The predicted octanol–water partition coefficient (Wildman–Crippen LogP) is 1.13. The van der Waals surface area contributed by atoms with Gasteiger partial charge in [0.15, 0.2) is 0 Å². The van der Waals surface area contributed by atoms with E-state index in [1.807, 2.05) is 0 Å². The molecule has 32 heavy (non-hydrogen) atoms. The molecule has 4 N–H and O–H groups in total. The highest BCUT2D eigenvalue weighted by Gasteiger charge is 2.27. The van der Waals surface area contributed by atoms with E-state index in [1.165, 1.54) is 0 Å². The molecule has 0 fully saturated rings. The number of carbonyl (C=O) groups is 3. The van der Waals surface area contributed by atoms with E-state index in [2.05, 4.69) is 10.6 Å². The highest BCUT2D eigenvalue weighted by molar-refractivity contribution is 5.89. The molecule has 170 valence electrons. The maximum absolute atomic E-state index is 13.5. The maximum Gasteiger partial charge on any atom is 0.408 e. The van der Waals surface area contributed by atoms with Gasteiger partial charge >= 0.3 is 17.7 Å². The van der Waals surface area contributed by atoms with Gasteiger partial charge in [-0.1, -0.05) is 36.4 Å². The number of hydrogen-bond donors (Lipinski definition) is 4. The van der Waals surface area contributed by atoms with Crippen LogP contribution in [0.3, 0.4) is 0 Å². The Morgan fingerprint density at radius 1 is 1.06 bits per heavy atom. The number of nitro groups is 1. The fourth-order valence-electron chi connectivity index (χ4n) is 2.63. The quantitative estimate of drug-likeness (QED) is 0.309. The van der Waals surface area contributed by atoms with E-state index in [0.29, 0.717) is 5.56 Å². The van der Waals surface area contributed by atoms with Gasteiger partial charge in [-0.25, -0.2) is 9.59 Å². The van der Waals surface area contributed by atoms with Crippen molar-refractivity contribution in [3.8, 4) is 0 Å². The number of nitrogens with zero attached hydrogens (tertiary/aromatic N) is 1. The number of rotatable bonds is 10. The first kappa shape index (κ1) is 24.2. The van der Waals surface area contributed by atoms with Gasteiger partial charge in [0.05, 0.1) is 11.5 Å². The van der Waals surface area contributed by atoms with E-state index in [1.54, 1.807) is 30.3 Å². The number of nitro benzene ring substituents is 1. The van der Waals surface area contributed by atoms with Gasteiger partial charge in [-0.15, -0.1) is 0 Å². The molecule has 0 spiro atoms. The number of carbonyl (C=O) groups excluding carboxylic acids is 2. The summed E-state index contributed by atoms with van der Waals surface area (Å²) in [6.07, 6.45) is -1.41. The molecule has 0 aromatic heterocycles. The first-order valence-electron chi connectivity index (χ1n) is 9.25. The van der Waals surface area contributed by atoms with Crippen LogP contribution in [0.2, 0.25) is 0 Å². The SMILES string of the molecule is O=C(N[C@@H](CO)C(=O)N[C@H](Cc1ccc(F)c([N+](=O)[O-])c1)C(=O)O)OCc1ccccc1. The second-order valence-electron chi connectivity index (χ2n) is 6.59. The molecular weight excluding hydrogens is 429 g/mol.